The number of sulfone groups is 1. The lowest BCUT2D eigenvalue weighted by atomic mass is 9.87. The summed E-state index contributed by atoms with van der Waals surface area (Å²) >= 11 is 0. The fourth-order valence-electron chi connectivity index (χ4n) is 3.51. The number of pyridine rings is 1. The van der Waals surface area contributed by atoms with Crippen molar-refractivity contribution >= 4 is 38.0 Å². The van der Waals surface area contributed by atoms with E-state index in [-0.39, 0.29) is 27.9 Å². The van der Waals surface area contributed by atoms with Crippen LogP contribution in [0.1, 0.15) is 34.8 Å². The van der Waals surface area contributed by atoms with E-state index in [9.17, 15) is 28.1 Å². The monoisotopic (exact) mass is 438 g/mol. The zero-order valence-electron chi connectivity index (χ0n) is 16.5. The smallest absolute Gasteiger partial charge is 0.281 e. The number of nitro groups is 1. The van der Waals surface area contributed by atoms with Gasteiger partial charge in [0.15, 0.2) is 21.4 Å². The van der Waals surface area contributed by atoms with Gasteiger partial charge in [-0.3, -0.25) is 24.7 Å². The maximum Gasteiger partial charge on any atom is 0.281 e. The third-order valence-electron chi connectivity index (χ3n) is 5.30. The van der Waals surface area contributed by atoms with Crippen LogP contribution in [-0.4, -0.2) is 36.1 Å². The molecule has 31 heavy (non-hydrogen) atoms. The molecule has 0 spiro atoms. The number of ketones is 2. The molecule has 1 atom stereocenters. The molecule has 2 aromatic carbocycles. The van der Waals surface area contributed by atoms with Gasteiger partial charge >= 0.3 is 0 Å². The topological polar surface area (TPSA) is 124 Å². The normalized spacial score (nSPS) is 14.9. The van der Waals surface area contributed by atoms with Crippen molar-refractivity contribution in [2.75, 3.05) is 6.26 Å². The standard InChI is InChI=1S/C22H18N2O6S/c1-31(29,30)15-9-10-16(19(12-15)24(27)28)22(26)20(21(25)14-6-7-14)18-11-8-13-4-2-3-5-17(13)23-18/h2-5,8-12,14,20H,6-7H2,1H3. The Morgan fingerprint density at radius 1 is 1.10 bits per heavy atom. The van der Waals surface area contributed by atoms with Crippen molar-refractivity contribution < 1.29 is 22.9 Å². The highest BCUT2D eigenvalue weighted by atomic mass is 32.2. The number of carbonyl (C=O) groups is 2. The molecule has 1 saturated carbocycles. The van der Waals surface area contributed by atoms with Crippen LogP contribution in [0.2, 0.25) is 0 Å². The molecule has 1 heterocycles. The number of Topliss-reactive ketones (excluding diaryl/α,β-unsaturated/α-hetero) is 2. The van der Waals surface area contributed by atoms with Crippen molar-refractivity contribution in [3.05, 3.63) is 76.0 Å². The van der Waals surface area contributed by atoms with E-state index in [1.165, 1.54) is 0 Å². The fourth-order valence-corrected chi connectivity index (χ4v) is 4.15. The number of carbonyl (C=O) groups excluding carboxylic acids is 2. The minimum absolute atomic E-state index is 0.224. The molecular weight excluding hydrogens is 420 g/mol. The number of aromatic nitrogens is 1. The van der Waals surface area contributed by atoms with Crippen LogP contribution in [0.25, 0.3) is 10.9 Å². The summed E-state index contributed by atoms with van der Waals surface area (Å²) in [4.78, 5) is 41.5. The molecule has 0 aliphatic heterocycles. The minimum atomic E-state index is -3.71. The Hall–Kier alpha value is -3.46. The van der Waals surface area contributed by atoms with Gasteiger partial charge in [0, 0.05) is 23.6 Å². The van der Waals surface area contributed by atoms with Crippen LogP contribution in [0.3, 0.4) is 0 Å². The fraction of sp³-hybridized carbons (Fsp3) is 0.227. The molecule has 1 aromatic heterocycles. The van der Waals surface area contributed by atoms with E-state index >= 15 is 0 Å². The van der Waals surface area contributed by atoms with Crippen LogP contribution in [0.4, 0.5) is 5.69 Å². The summed E-state index contributed by atoms with van der Waals surface area (Å²) in [5, 5.41) is 12.4. The molecule has 8 nitrogen and oxygen atoms in total. The van der Waals surface area contributed by atoms with Gasteiger partial charge in [0.25, 0.3) is 5.69 Å². The molecule has 1 unspecified atom stereocenters. The van der Waals surface area contributed by atoms with Gasteiger partial charge in [-0.25, -0.2) is 8.42 Å². The van der Waals surface area contributed by atoms with E-state index in [1.54, 1.807) is 24.3 Å². The first-order valence-corrected chi connectivity index (χ1v) is 11.5. The minimum Gasteiger partial charge on any atom is -0.298 e. The van der Waals surface area contributed by atoms with Gasteiger partial charge in [-0.15, -0.1) is 0 Å². The molecule has 0 radical (unpaired) electrons. The second kappa shape index (κ2) is 7.66. The lowest BCUT2D eigenvalue weighted by molar-refractivity contribution is -0.385. The van der Waals surface area contributed by atoms with E-state index in [1.807, 2.05) is 12.1 Å². The van der Waals surface area contributed by atoms with Crippen molar-refractivity contribution in [1.82, 2.24) is 4.98 Å². The molecule has 158 valence electrons. The quantitative estimate of drug-likeness (QED) is 0.239. The summed E-state index contributed by atoms with van der Waals surface area (Å²) in [6, 6.07) is 13.7. The summed E-state index contributed by atoms with van der Waals surface area (Å²) in [6.07, 6.45) is 2.24. The van der Waals surface area contributed by atoms with Crippen LogP contribution in [-0.2, 0) is 14.6 Å². The number of nitro benzene ring substituents is 1. The second-order valence-electron chi connectivity index (χ2n) is 7.61. The number of para-hydroxylation sites is 1. The predicted octanol–water partition coefficient (Wildman–Crippen LogP) is 3.49. The maximum atomic E-state index is 13.4. The number of hydrogen-bond acceptors (Lipinski definition) is 7. The average molecular weight is 438 g/mol. The summed E-state index contributed by atoms with van der Waals surface area (Å²) < 4.78 is 23.6. The van der Waals surface area contributed by atoms with Gasteiger partial charge in [0.2, 0.25) is 0 Å². The lowest BCUT2D eigenvalue weighted by Crippen LogP contribution is -2.25. The summed E-state index contributed by atoms with van der Waals surface area (Å²) in [5.74, 6) is -2.66. The molecule has 0 saturated heterocycles. The first kappa shape index (κ1) is 20.8. The largest absolute Gasteiger partial charge is 0.298 e. The Bertz CT molecular complexity index is 1350. The van der Waals surface area contributed by atoms with E-state index in [0.717, 1.165) is 29.8 Å². The Labute approximate surface area is 178 Å². The van der Waals surface area contributed by atoms with Crippen molar-refractivity contribution in [3.63, 3.8) is 0 Å². The van der Waals surface area contributed by atoms with Crippen LogP contribution < -0.4 is 0 Å². The molecule has 3 aromatic rings. The second-order valence-corrected chi connectivity index (χ2v) is 9.63. The third kappa shape index (κ3) is 4.09. The van der Waals surface area contributed by atoms with Crippen LogP contribution in [0.5, 0.6) is 0 Å². The maximum absolute atomic E-state index is 13.4. The van der Waals surface area contributed by atoms with E-state index < -0.39 is 32.1 Å². The van der Waals surface area contributed by atoms with Gasteiger partial charge < -0.3 is 0 Å². The van der Waals surface area contributed by atoms with Crippen molar-refractivity contribution in [3.8, 4) is 0 Å². The zero-order chi connectivity index (χ0) is 22.3. The van der Waals surface area contributed by atoms with Gasteiger partial charge in [0.05, 0.1) is 26.6 Å². The highest BCUT2D eigenvalue weighted by Gasteiger charge is 2.42. The molecule has 0 N–H and O–H groups in total. The van der Waals surface area contributed by atoms with Crippen molar-refractivity contribution in [2.24, 2.45) is 5.92 Å². The first-order valence-electron chi connectivity index (χ1n) is 9.59. The zero-order valence-corrected chi connectivity index (χ0v) is 17.3. The molecule has 0 amide bonds. The summed E-state index contributed by atoms with van der Waals surface area (Å²) in [6.45, 7) is 0. The summed E-state index contributed by atoms with van der Waals surface area (Å²) in [7, 11) is -3.71. The van der Waals surface area contributed by atoms with E-state index in [4.69, 9.17) is 0 Å². The van der Waals surface area contributed by atoms with Crippen LogP contribution >= 0.6 is 0 Å². The Morgan fingerprint density at radius 3 is 2.45 bits per heavy atom. The Morgan fingerprint density at radius 2 is 1.81 bits per heavy atom. The van der Waals surface area contributed by atoms with Gasteiger partial charge in [-0.2, -0.15) is 0 Å². The SMILES string of the molecule is CS(=O)(=O)c1ccc(C(=O)C(C(=O)C2CC2)c2ccc3ccccc3n2)c([N+](=O)[O-])c1. The Kier molecular flexibility index (Phi) is 5.14. The van der Waals surface area contributed by atoms with Crippen molar-refractivity contribution in [2.45, 2.75) is 23.7 Å². The third-order valence-corrected chi connectivity index (χ3v) is 6.41. The highest BCUT2D eigenvalue weighted by molar-refractivity contribution is 7.90. The highest BCUT2D eigenvalue weighted by Crippen LogP contribution is 2.38. The lowest BCUT2D eigenvalue weighted by Gasteiger charge is -2.15. The molecule has 0 bridgehead atoms. The summed E-state index contributed by atoms with van der Waals surface area (Å²) in [5.41, 5.74) is -0.140. The predicted molar refractivity (Wildman–Crippen MR) is 113 cm³/mol. The number of rotatable bonds is 7. The number of benzene rings is 2. The van der Waals surface area contributed by atoms with Crippen molar-refractivity contribution in [1.29, 1.82) is 0 Å². The average Bonchev–Trinajstić information content (AvgIpc) is 3.58. The number of fused-ring (bicyclic) bond motifs is 1. The van der Waals surface area contributed by atoms with E-state index in [0.29, 0.717) is 18.4 Å². The molecule has 9 heteroatoms. The molecule has 4 rings (SSSR count). The van der Waals surface area contributed by atoms with Crippen LogP contribution in [0.15, 0.2) is 59.5 Å². The number of nitrogens with zero attached hydrogens (tertiary/aromatic N) is 2. The first-order chi connectivity index (χ1) is 14.7. The molecule has 1 aliphatic rings. The van der Waals surface area contributed by atoms with E-state index in [2.05, 4.69) is 4.98 Å². The molecule has 1 fully saturated rings. The van der Waals surface area contributed by atoms with Crippen LogP contribution in [0, 0.1) is 16.0 Å². The Balaban J connectivity index is 1.85. The molecular formula is C22H18N2O6S. The molecule has 1 aliphatic carbocycles. The van der Waals surface area contributed by atoms with Gasteiger partial charge in [-0.1, -0.05) is 24.3 Å². The van der Waals surface area contributed by atoms with Gasteiger partial charge in [0.1, 0.15) is 5.92 Å². The number of hydrogen-bond donors (Lipinski definition) is 0. The van der Waals surface area contributed by atoms with Gasteiger partial charge in [-0.05, 0) is 37.1 Å².